The zero-order valence-electron chi connectivity index (χ0n) is 6.57. The van der Waals surface area contributed by atoms with Crippen LogP contribution < -0.4 is 0 Å². The van der Waals surface area contributed by atoms with Gasteiger partial charge in [-0.2, -0.15) is 0 Å². The zero-order valence-corrected chi connectivity index (χ0v) is 6.57. The summed E-state index contributed by atoms with van der Waals surface area (Å²) in [5.41, 5.74) is 0.0698. The summed E-state index contributed by atoms with van der Waals surface area (Å²) in [5.74, 6) is 0. The SMILES string of the molecule is BC(F)OCC(C)(C)C. The van der Waals surface area contributed by atoms with Crippen molar-refractivity contribution in [1.82, 2.24) is 0 Å². The third-order valence-electron chi connectivity index (χ3n) is 0.746. The van der Waals surface area contributed by atoms with Crippen molar-refractivity contribution in [2.45, 2.75) is 27.0 Å². The Morgan fingerprint density at radius 2 is 2.00 bits per heavy atom. The van der Waals surface area contributed by atoms with Crippen molar-refractivity contribution in [3.05, 3.63) is 0 Å². The zero-order chi connectivity index (χ0) is 7.49. The molecule has 1 unspecified atom stereocenters. The van der Waals surface area contributed by atoms with Crippen molar-refractivity contribution >= 4 is 7.85 Å². The summed E-state index contributed by atoms with van der Waals surface area (Å²) in [6.45, 7) is 6.50. The molecule has 0 N–H and O–H groups in total. The van der Waals surface area contributed by atoms with E-state index < -0.39 is 6.26 Å². The first-order valence-electron chi connectivity index (χ1n) is 3.17. The molecule has 0 aromatic heterocycles. The molecule has 3 heteroatoms. The van der Waals surface area contributed by atoms with E-state index in [2.05, 4.69) is 0 Å². The smallest absolute Gasteiger partial charge is 0.181 e. The second kappa shape index (κ2) is 3.21. The van der Waals surface area contributed by atoms with Crippen molar-refractivity contribution in [1.29, 1.82) is 0 Å². The Morgan fingerprint density at radius 3 is 2.11 bits per heavy atom. The molecule has 0 bridgehead atoms. The van der Waals surface area contributed by atoms with Gasteiger partial charge in [-0.25, -0.2) is 4.39 Å². The second-order valence-electron chi connectivity index (χ2n) is 3.41. The molecular weight excluding hydrogens is 118 g/mol. The van der Waals surface area contributed by atoms with Crippen molar-refractivity contribution in [2.24, 2.45) is 5.41 Å². The van der Waals surface area contributed by atoms with Crippen LogP contribution in [0.3, 0.4) is 0 Å². The third kappa shape index (κ3) is 7.95. The summed E-state index contributed by atoms with van der Waals surface area (Å²) < 4.78 is 16.7. The highest BCUT2D eigenvalue weighted by Gasteiger charge is 2.11. The third-order valence-corrected chi connectivity index (χ3v) is 0.746. The summed E-state index contributed by atoms with van der Waals surface area (Å²) in [7, 11) is 1.39. The van der Waals surface area contributed by atoms with Crippen LogP contribution in [0.4, 0.5) is 4.39 Å². The molecule has 0 aromatic carbocycles. The standard InChI is InChI=1S/C6H14BFO/c1-6(2,3)4-9-5(7)8/h5H,4,7H2,1-3H3. The van der Waals surface area contributed by atoms with Crippen LogP contribution in [0.1, 0.15) is 20.8 Å². The molecule has 0 saturated heterocycles. The van der Waals surface area contributed by atoms with Crippen molar-refractivity contribution in [3.8, 4) is 0 Å². The molecule has 9 heavy (non-hydrogen) atoms. The molecule has 0 heterocycles. The highest BCUT2D eigenvalue weighted by atomic mass is 19.1. The van der Waals surface area contributed by atoms with Gasteiger partial charge in [0.15, 0.2) is 14.1 Å². The molecule has 1 atom stereocenters. The minimum Gasteiger partial charge on any atom is -0.356 e. The molecule has 0 radical (unpaired) electrons. The summed E-state index contributed by atoms with van der Waals surface area (Å²) in [6, 6.07) is 0. The molecule has 1 nitrogen and oxygen atoms in total. The highest BCUT2D eigenvalue weighted by Crippen LogP contribution is 2.13. The Labute approximate surface area is 57.0 Å². The number of ether oxygens (including phenoxy) is 1. The Bertz CT molecular complexity index is 77.6. The highest BCUT2D eigenvalue weighted by molar-refractivity contribution is 6.09. The van der Waals surface area contributed by atoms with E-state index in [-0.39, 0.29) is 5.41 Å². The van der Waals surface area contributed by atoms with Crippen LogP contribution in [0.15, 0.2) is 0 Å². The van der Waals surface area contributed by atoms with Gasteiger partial charge in [-0.05, 0) is 5.41 Å². The van der Waals surface area contributed by atoms with E-state index in [0.29, 0.717) is 6.61 Å². The number of hydrogen-bond donors (Lipinski definition) is 0. The van der Waals surface area contributed by atoms with Gasteiger partial charge in [-0.15, -0.1) is 0 Å². The Kier molecular flexibility index (Phi) is 3.19. The summed E-state index contributed by atoms with van der Waals surface area (Å²) in [4.78, 5) is 0. The minimum atomic E-state index is -1.13. The largest absolute Gasteiger partial charge is 0.356 e. The van der Waals surface area contributed by atoms with Gasteiger partial charge >= 0.3 is 0 Å². The molecule has 0 fully saturated rings. The van der Waals surface area contributed by atoms with E-state index in [4.69, 9.17) is 4.74 Å². The van der Waals surface area contributed by atoms with Crippen LogP contribution >= 0.6 is 0 Å². The number of hydrogen-bond acceptors (Lipinski definition) is 1. The molecule has 0 rings (SSSR count). The van der Waals surface area contributed by atoms with E-state index >= 15 is 0 Å². The van der Waals surface area contributed by atoms with Gasteiger partial charge in [0, 0.05) is 0 Å². The predicted octanol–water partition coefficient (Wildman–Crippen LogP) is 0.935. The van der Waals surface area contributed by atoms with E-state index in [1.54, 1.807) is 0 Å². The van der Waals surface area contributed by atoms with Gasteiger partial charge < -0.3 is 4.74 Å². The van der Waals surface area contributed by atoms with E-state index in [0.717, 1.165) is 0 Å². The fourth-order valence-electron chi connectivity index (χ4n) is 0.365. The van der Waals surface area contributed by atoms with Gasteiger partial charge in [-0.3, -0.25) is 0 Å². The lowest BCUT2D eigenvalue weighted by Gasteiger charge is -2.18. The van der Waals surface area contributed by atoms with Crippen LogP contribution in [-0.4, -0.2) is 20.7 Å². The lowest BCUT2D eigenvalue weighted by molar-refractivity contribution is -0.0149. The summed E-state index contributed by atoms with van der Waals surface area (Å²) in [6.07, 6.45) is -1.13. The minimum absolute atomic E-state index is 0.0698. The van der Waals surface area contributed by atoms with Gasteiger partial charge in [0.25, 0.3) is 0 Å². The lowest BCUT2D eigenvalue weighted by atomic mass is 9.98. The molecule has 0 saturated carbocycles. The fourth-order valence-corrected chi connectivity index (χ4v) is 0.365. The average Bonchev–Trinajstić information content (AvgIpc) is 1.59. The summed E-state index contributed by atoms with van der Waals surface area (Å²) >= 11 is 0. The Balaban J connectivity index is 3.28. The van der Waals surface area contributed by atoms with Crippen molar-refractivity contribution in [3.63, 3.8) is 0 Å². The molecule has 0 aliphatic rings. The second-order valence-corrected chi connectivity index (χ2v) is 3.41. The molecular formula is C6H14BFO. The first-order valence-corrected chi connectivity index (χ1v) is 3.17. The van der Waals surface area contributed by atoms with Crippen LogP contribution in [0.2, 0.25) is 0 Å². The lowest BCUT2D eigenvalue weighted by Crippen LogP contribution is -2.18. The maximum absolute atomic E-state index is 12.0. The molecule has 0 aliphatic heterocycles. The van der Waals surface area contributed by atoms with Crippen molar-refractivity contribution in [2.75, 3.05) is 6.61 Å². The number of alkyl halides is 1. The Morgan fingerprint density at radius 1 is 1.56 bits per heavy atom. The van der Waals surface area contributed by atoms with Gasteiger partial charge in [0.2, 0.25) is 0 Å². The molecule has 0 aliphatic carbocycles. The number of halogens is 1. The average molecular weight is 132 g/mol. The van der Waals surface area contributed by atoms with E-state index in [1.165, 1.54) is 7.85 Å². The van der Waals surface area contributed by atoms with Crippen LogP contribution in [-0.2, 0) is 4.74 Å². The quantitative estimate of drug-likeness (QED) is 0.508. The summed E-state index contributed by atoms with van der Waals surface area (Å²) in [5, 5.41) is 0. The normalized spacial score (nSPS) is 15.6. The fraction of sp³-hybridized carbons (Fsp3) is 1.00. The van der Waals surface area contributed by atoms with Gasteiger partial charge in [0.1, 0.15) is 0 Å². The molecule has 54 valence electrons. The first-order chi connectivity index (χ1) is 3.92. The van der Waals surface area contributed by atoms with Crippen molar-refractivity contribution < 1.29 is 9.13 Å². The Hall–Kier alpha value is -0.0451. The van der Waals surface area contributed by atoms with Gasteiger partial charge in [-0.1, -0.05) is 20.8 Å². The van der Waals surface area contributed by atoms with Crippen LogP contribution in [0.5, 0.6) is 0 Å². The topological polar surface area (TPSA) is 9.23 Å². The van der Waals surface area contributed by atoms with Crippen LogP contribution in [0, 0.1) is 5.41 Å². The van der Waals surface area contributed by atoms with Gasteiger partial charge in [0.05, 0.1) is 6.61 Å². The van der Waals surface area contributed by atoms with Crippen LogP contribution in [0.25, 0.3) is 0 Å². The maximum atomic E-state index is 12.0. The maximum Gasteiger partial charge on any atom is 0.181 e. The monoisotopic (exact) mass is 132 g/mol. The van der Waals surface area contributed by atoms with E-state index in [9.17, 15) is 4.39 Å². The molecule has 0 aromatic rings. The first kappa shape index (κ1) is 8.95. The number of rotatable bonds is 2. The predicted molar refractivity (Wildman–Crippen MR) is 38.8 cm³/mol. The molecule has 0 amide bonds. The van der Waals surface area contributed by atoms with E-state index in [1.807, 2.05) is 20.8 Å². The molecule has 0 spiro atoms.